The molecule has 0 spiro atoms. The molecule has 0 aliphatic carbocycles. The summed E-state index contributed by atoms with van der Waals surface area (Å²) in [5.41, 5.74) is 0.427. The lowest BCUT2D eigenvalue weighted by Crippen LogP contribution is -2.32. The van der Waals surface area contributed by atoms with E-state index in [1.165, 1.54) is 31.4 Å². The fraction of sp³-hybridized carbons (Fsp3) is 0.211. The number of ether oxygens (including phenoxy) is 4. The second kappa shape index (κ2) is 8.64. The molecule has 0 radical (unpaired) electrons. The topological polar surface area (TPSA) is 112 Å². The van der Waals surface area contributed by atoms with Crippen molar-refractivity contribution in [1.82, 2.24) is 5.32 Å². The second-order valence-electron chi connectivity index (χ2n) is 5.95. The smallest absolute Gasteiger partial charge is 0.497 e. The SMILES string of the molecule is COc1cccc(C(=O)NCC(=O)OCC(=O)Nc2ccc3c(c2)OC(F)(F)O3)c1. The monoisotopic (exact) mass is 422 g/mol. The Balaban J connectivity index is 1.43. The van der Waals surface area contributed by atoms with E-state index in [1.54, 1.807) is 12.1 Å². The van der Waals surface area contributed by atoms with E-state index < -0.39 is 37.2 Å². The van der Waals surface area contributed by atoms with Gasteiger partial charge in [0.25, 0.3) is 11.8 Å². The Morgan fingerprint density at radius 1 is 1.07 bits per heavy atom. The van der Waals surface area contributed by atoms with Crippen molar-refractivity contribution in [3.63, 3.8) is 0 Å². The van der Waals surface area contributed by atoms with E-state index in [4.69, 9.17) is 9.47 Å². The van der Waals surface area contributed by atoms with Crippen LogP contribution in [0.5, 0.6) is 17.2 Å². The lowest BCUT2D eigenvalue weighted by atomic mass is 10.2. The maximum Gasteiger partial charge on any atom is 0.586 e. The molecule has 0 aromatic heterocycles. The predicted octanol–water partition coefficient (Wildman–Crippen LogP) is 1.93. The van der Waals surface area contributed by atoms with Crippen LogP contribution in [0.25, 0.3) is 0 Å². The van der Waals surface area contributed by atoms with Crippen LogP contribution in [-0.2, 0) is 14.3 Å². The van der Waals surface area contributed by atoms with Gasteiger partial charge in [-0.25, -0.2) is 0 Å². The average molecular weight is 422 g/mol. The number of hydrogen-bond acceptors (Lipinski definition) is 7. The Morgan fingerprint density at radius 3 is 2.60 bits per heavy atom. The molecule has 2 N–H and O–H groups in total. The number of fused-ring (bicyclic) bond motifs is 1. The Kier molecular flexibility index (Phi) is 6.00. The highest BCUT2D eigenvalue weighted by molar-refractivity contribution is 5.97. The quantitative estimate of drug-likeness (QED) is 0.656. The van der Waals surface area contributed by atoms with E-state index in [0.717, 1.165) is 6.07 Å². The van der Waals surface area contributed by atoms with Crippen molar-refractivity contribution in [2.45, 2.75) is 6.29 Å². The molecule has 1 heterocycles. The minimum atomic E-state index is -3.77. The highest BCUT2D eigenvalue weighted by Gasteiger charge is 2.43. The summed E-state index contributed by atoms with van der Waals surface area (Å²) in [4.78, 5) is 35.6. The van der Waals surface area contributed by atoms with Crippen molar-refractivity contribution in [2.75, 3.05) is 25.6 Å². The van der Waals surface area contributed by atoms with Gasteiger partial charge in [0, 0.05) is 17.3 Å². The summed E-state index contributed by atoms with van der Waals surface area (Å²) in [5.74, 6) is -2.01. The Hall–Kier alpha value is -3.89. The van der Waals surface area contributed by atoms with Gasteiger partial charge in [-0.2, -0.15) is 0 Å². The number of carbonyl (C=O) groups excluding carboxylic acids is 3. The van der Waals surface area contributed by atoms with Crippen molar-refractivity contribution in [3.05, 3.63) is 48.0 Å². The molecule has 0 fully saturated rings. The number of nitrogens with one attached hydrogen (secondary N) is 2. The van der Waals surface area contributed by atoms with Crippen LogP contribution in [0.3, 0.4) is 0 Å². The maximum atomic E-state index is 13.0. The summed E-state index contributed by atoms with van der Waals surface area (Å²) in [5, 5.41) is 4.72. The summed E-state index contributed by atoms with van der Waals surface area (Å²) in [6, 6.07) is 9.98. The molecule has 1 aliphatic heterocycles. The van der Waals surface area contributed by atoms with Crippen molar-refractivity contribution in [3.8, 4) is 17.2 Å². The van der Waals surface area contributed by atoms with Gasteiger partial charge in [0.05, 0.1) is 7.11 Å². The number of carbonyl (C=O) groups is 3. The number of amides is 2. The number of halogens is 2. The molecule has 0 bridgehead atoms. The lowest BCUT2D eigenvalue weighted by molar-refractivity contribution is -0.286. The number of hydrogen-bond donors (Lipinski definition) is 2. The van der Waals surface area contributed by atoms with Crippen LogP contribution < -0.4 is 24.8 Å². The molecule has 2 amide bonds. The zero-order chi connectivity index (χ0) is 21.7. The molecule has 158 valence electrons. The fourth-order valence-corrected chi connectivity index (χ4v) is 2.44. The number of anilines is 1. The summed E-state index contributed by atoms with van der Waals surface area (Å²) >= 11 is 0. The largest absolute Gasteiger partial charge is 0.586 e. The molecule has 0 saturated carbocycles. The Labute approximate surface area is 168 Å². The molecular weight excluding hydrogens is 406 g/mol. The first kappa shape index (κ1) is 20.8. The second-order valence-corrected chi connectivity index (χ2v) is 5.95. The fourth-order valence-electron chi connectivity index (χ4n) is 2.44. The third-order valence-electron chi connectivity index (χ3n) is 3.77. The normalized spacial score (nSPS) is 13.3. The first-order chi connectivity index (χ1) is 14.3. The van der Waals surface area contributed by atoms with Crippen molar-refractivity contribution in [2.24, 2.45) is 0 Å². The van der Waals surface area contributed by atoms with Gasteiger partial charge in [0.1, 0.15) is 12.3 Å². The van der Waals surface area contributed by atoms with E-state index in [0.29, 0.717) is 5.75 Å². The zero-order valence-electron chi connectivity index (χ0n) is 15.6. The summed E-state index contributed by atoms with van der Waals surface area (Å²) in [7, 11) is 1.46. The van der Waals surface area contributed by atoms with Crippen LogP contribution in [0.1, 0.15) is 10.4 Å². The molecule has 1 aliphatic rings. The van der Waals surface area contributed by atoms with Crippen LogP contribution in [0.2, 0.25) is 0 Å². The summed E-state index contributed by atoms with van der Waals surface area (Å²) in [6.45, 7) is -1.10. The van der Waals surface area contributed by atoms with Crippen LogP contribution in [0.4, 0.5) is 14.5 Å². The first-order valence-electron chi connectivity index (χ1n) is 8.53. The Morgan fingerprint density at radius 2 is 1.83 bits per heavy atom. The van der Waals surface area contributed by atoms with E-state index in [-0.39, 0.29) is 22.7 Å². The average Bonchev–Trinajstić information content (AvgIpc) is 3.03. The Bertz CT molecular complexity index is 981. The van der Waals surface area contributed by atoms with E-state index in [2.05, 4.69) is 20.1 Å². The van der Waals surface area contributed by atoms with Crippen molar-refractivity contribution < 1.29 is 42.1 Å². The summed E-state index contributed by atoms with van der Waals surface area (Å²) in [6.07, 6.45) is -3.77. The number of benzene rings is 2. The van der Waals surface area contributed by atoms with Crippen molar-refractivity contribution in [1.29, 1.82) is 0 Å². The molecular formula is C19H16F2N2O7. The molecule has 2 aromatic carbocycles. The summed E-state index contributed by atoms with van der Waals surface area (Å²) < 4.78 is 44.3. The zero-order valence-corrected chi connectivity index (χ0v) is 15.6. The van der Waals surface area contributed by atoms with Gasteiger partial charge < -0.3 is 29.6 Å². The van der Waals surface area contributed by atoms with Gasteiger partial charge in [0.15, 0.2) is 18.1 Å². The molecule has 11 heteroatoms. The highest BCUT2D eigenvalue weighted by Crippen LogP contribution is 2.42. The number of esters is 1. The van der Waals surface area contributed by atoms with Crippen LogP contribution in [-0.4, -0.2) is 44.3 Å². The van der Waals surface area contributed by atoms with Gasteiger partial charge in [-0.05, 0) is 30.3 Å². The van der Waals surface area contributed by atoms with Gasteiger partial charge in [0.2, 0.25) is 0 Å². The van der Waals surface area contributed by atoms with Crippen LogP contribution >= 0.6 is 0 Å². The lowest BCUT2D eigenvalue weighted by Gasteiger charge is -2.08. The number of rotatable bonds is 7. The minimum Gasteiger partial charge on any atom is -0.497 e. The third kappa shape index (κ3) is 5.34. The van der Waals surface area contributed by atoms with Gasteiger partial charge in [-0.1, -0.05) is 6.07 Å². The van der Waals surface area contributed by atoms with Crippen LogP contribution in [0.15, 0.2) is 42.5 Å². The number of alkyl halides is 2. The molecule has 2 aromatic rings. The number of methoxy groups -OCH3 is 1. The molecule has 0 unspecified atom stereocenters. The van der Waals surface area contributed by atoms with Crippen molar-refractivity contribution >= 4 is 23.5 Å². The standard InChI is InChI=1S/C19H16F2N2O7/c1-27-13-4-2-3-11(7-13)18(26)22-9-17(25)28-10-16(24)23-12-5-6-14-15(8-12)30-19(20,21)29-14/h2-8H,9-10H2,1H3,(H,22,26)(H,23,24). The first-order valence-corrected chi connectivity index (χ1v) is 8.53. The minimum absolute atomic E-state index is 0.141. The molecule has 30 heavy (non-hydrogen) atoms. The molecule has 9 nitrogen and oxygen atoms in total. The highest BCUT2D eigenvalue weighted by atomic mass is 19.3. The van der Waals surface area contributed by atoms with Gasteiger partial charge in [-0.15, -0.1) is 8.78 Å². The predicted molar refractivity (Wildman–Crippen MR) is 97.6 cm³/mol. The van der Waals surface area contributed by atoms with Crippen LogP contribution in [0, 0.1) is 0 Å². The van der Waals surface area contributed by atoms with E-state index in [9.17, 15) is 23.2 Å². The van der Waals surface area contributed by atoms with Gasteiger partial charge in [-0.3, -0.25) is 14.4 Å². The van der Waals surface area contributed by atoms with E-state index in [1.807, 2.05) is 0 Å². The maximum absolute atomic E-state index is 13.0. The third-order valence-corrected chi connectivity index (χ3v) is 3.77. The molecule has 0 atom stereocenters. The molecule has 0 saturated heterocycles. The van der Waals surface area contributed by atoms with Gasteiger partial charge >= 0.3 is 12.3 Å². The molecule has 3 rings (SSSR count). The van der Waals surface area contributed by atoms with E-state index >= 15 is 0 Å².